The van der Waals surface area contributed by atoms with Gasteiger partial charge in [0.2, 0.25) is 11.8 Å². The number of hydrogen-bond donors (Lipinski definition) is 1. The van der Waals surface area contributed by atoms with E-state index in [0.717, 1.165) is 37.6 Å². The van der Waals surface area contributed by atoms with E-state index in [1.165, 1.54) is 0 Å². The maximum atomic E-state index is 13.1. The van der Waals surface area contributed by atoms with Gasteiger partial charge in [-0.15, -0.1) is 0 Å². The van der Waals surface area contributed by atoms with E-state index in [1.54, 1.807) is 6.20 Å². The van der Waals surface area contributed by atoms with Gasteiger partial charge < -0.3 is 19.4 Å². The Morgan fingerprint density at radius 2 is 1.73 bits per heavy atom. The Kier molecular flexibility index (Phi) is 6.19. The quantitative estimate of drug-likeness (QED) is 0.489. The molecule has 4 aliphatic heterocycles. The predicted molar refractivity (Wildman–Crippen MR) is 136 cm³/mol. The summed E-state index contributed by atoms with van der Waals surface area (Å²) in [4.78, 5) is 59.7. The van der Waals surface area contributed by atoms with Crippen molar-refractivity contribution in [3.05, 3.63) is 23.9 Å². The van der Waals surface area contributed by atoms with E-state index in [-0.39, 0.29) is 35.1 Å². The molecule has 1 aromatic rings. The Hall–Kier alpha value is -3.17. The third-order valence-corrected chi connectivity index (χ3v) is 8.14. The van der Waals surface area contributed by atoms with E-state index in [4.69, 9.17) is 4.74 Å². The van der Waals surface area contributed by atoms with Crippen LogP contribution < -0.4 is 10.2 Å². The van der Waals surface area contributed by atoms with Gasteiger partial charge in [0.1, 0.15) is 11.4 Å². The number of imide groups is 1. The van der Waals surface area contributed by atoms with Crippen LogP contribution in [0.4, 0.5) is 10.6 Å². The Balaban J connectivity index is 1.08. The molecule has 5 heterocycles. The van der Waals surface area contributed by atoms with Crippen LogP contribution in [0.15, 0.2) is 18.3 Å². The number of nitrogens with one attached hydrogen (secondary N) is 1. The second-order valence-electron chi connectivity index (χ2n) is 12.5. The van der Waals surface area contributed by atoms with Crippen LogP contribution >= 0.6 is 0 Å². The average Bonchev–Trinajstić information content (AvgIpc) is 2.77. The number of amides is 4. The molecule has 1 N–H and O–H groups in total. The minimum atomic E-state index is -0.546. The summed E-state index contributed by atoms with van der Waals surface area (Å²) >= 11 is 0. The van der Waals surface area contributed by atoms with Crippen molar-refractivity contribution in [2.24, 2.45) is 10.8 Å². The van der Waals surface area contributed by atoms with Gasteiger partial charge in [0.25, 0.3) is 0 Å². The number of carbonyl (C=O) groups is 4. The summed E-state index contributed by atoms with van der Waals surface area (Å²) < 4.78 is 5.61. The number of likely N-dealkylation sites (tertiary alicyclic amines) is 2. The number of aromatic nitrogens is 1. The van der Waals surface area contributed by atoms with E-state index in [0.29, 0.717) is 38.8 Å². The zero-order valence-electron chi connectivity index (χ0n) is 22.2. The molecular formula is C27H37N5O5. The van der Waals surface area contributed by atoms with Crippen molar-refractivity contribution in [3.8, 4) is 0 Å². The molecule has 1 spiro atoms. The highest BCUT2D eigenvalue weighted by atomic mass is 16.6. The smallest absolute Gasteiger partial charge is 0.320 e. The van der Waals surface area contributed by atoms with Crippen LogP contribution in [0, 0.1) is 10.8 Å². The van der Waals surface area contributed by atoms with Crippen molar-refractivity contribution < 1.29 is 23.9 Å². The van der Waals surface area contributed by atoms with Crippen LogP contribution in [0.2, 0.25) is 0 Å². The monoisotopic (exact) mass is 511 g/mol. The van der Waals surface area contributed by atoms with Crippen molar-refractivity contribution in [1.82, 2.24) is 20.1 Å². The van der Waals surface area contributed by atoms with Crippen LogP contribution in [0.5, 0.6) is 0 Å². The lowest BCUT2D eigenvalue weighted by Crippen LogP contribution is -2.74. The molecule has 200 valence electrons. The summed E-state index contributed by atoms with van der Waals surface area (Å²) in [7, 11) is 0. The molecule has 0 aromatic carbocycles. The molecule has 4 amide bonds. The number of ether oxygens (including phenoxy) is 1. The second kappa shape index (κ2) is 8.99. The lowest BCUT2D eigenvalue weighted by molar-refractivity contribution is -0.169. The standard InChI is InChI=1S/C27H37N5O5/c1-25(2,3)37-23(35)26(4)9-11-30(12-10-26)24(36)32-16-27(17-32)14-31(15-27)20-7-5-18(13-28-20)19-6-8-21(33)29-22(19)34/h5,7,13,19H,6,8-12,14-17H2,1-4H3,(H,29,33,34). The van der Waals surface area contributed by atoms with Crippen LogP contribution in [0.1, 0.15) is 64.9 Å². The Morgan fingerprint density at radius 1 is 1.05 bits per heavy atom. The van der Waals surface area contributed by atoms with Gasteiger partial charge in [-0.1, -0.05) is 6.07 Å². The number of carbonyl (C=O) groups excluding carboxylic acids is 4. The average molecular weight is 512 g/mol. The number of anilines is 1. The predicted octanol–water partition coefficient (Wildman–Crippen LogP) is 2.29. The van der Waals surface area contributed by atoms with E-state index in [9.17, 15) is 19.2 Å². The molecule has 4 aliphatic rings. The molecule has 0 saturated carbocycles. The number of piperidine rings is 2. The van der Waals surface area contributed by atoms with Crippen molar-refractivity contribution >= 4 is 29.6 Å². The van der Waals surface area contributed by atoms with Crippen LogP contribution in [0.25, 0.3) is 0 Å². The lowest BCUT2D eigenvalue weighted by atomic mass is 9.73. The number of esters is 1. The molecular weight excluding hydrogens is 474 g/mol. The number of nitrogens with zero attached hydrogens (tertiary/aromatic N) is 4. The van der Waals surface area contributed by atoms with Gasteiger partial charge in [-0.2, -0.15) is 0 Å². The molecule has 4 fully saturated rings. The fourth-order valence-corrected chi connectivity index (χ4v) is 5.82. The summed E-state index contributed by atoms with van der Waals surface area (Å²) in [6.45, 7) is 11.9. The first-order valence-electron chi connectivity index (χ1n) is 13.2. The van der Waals surface area contributed by atoms with Gasteiger partial charge >= 0.3 is 12.0 Å². The number of urea groups is 1. The summed E-state index contributed by atoms with van der Waals surface area (Å²) in [6, 6.07) is 3.91. The molecule has 37 heavy (non-hydrogen) atoms. The van der Waals surface area contributed by atoms with E-state index < -0.39 is 11.0 Å². The molecule has 10 nitrogen and oxygen atoms in total. The van der Waals surface area contributed by atoms with Gasteiger partial charge in [0.15, 0.2) is 0 Å². The van der Waals surface area contributed by atoms with Gasteiger partial charge in [0.05, 0.1) is 11.3 Å². The van der Waals surface area contributed by atoms with E-state index in [1.807, 2.05) is 49.6 Å². The first kappa shape index (κ1) is 25.5. The topological polar surface area (TPSA) is 112 Å². The van der Waals surface area contributed by atoms with Crippen molar-refractivity contribution in [2.45, 2.75) is 64.9 Å². The Bertz CT molecular complexity index is 1090. The molecule has 0 bridgehead atoms. The highest BCUT2D eigenvalue weighted by Crippen LogP contribution is 2.42. The minimum Gasteiger partial charge on any atom is -0.460 e. The summed E-state index contributed by atoms with van der Waals surface area (Å²) in [5, 5.41) is 2.39. The third kappa shape index (κ3) is 5.02. The van der Waals surface area contributed by atoms with Crippen LogP contribution in [-0.4, -0.2) is 83.5 Å². The molecule has 5 rings (SSSR count). The largest absolute Gasteiger partial charge is 0.460 e. The van der Waals surface area contributed by atoms with Crippen LogP contribution in [-0.2, 0) is 19.1 Å². The van der Waals surface area contributed by atoms with Gasteiger partial charge in [0, 0.05) is 57.3 Å². The van der Waals surface area contributed by atoms with Crippen molar-refractivity contribution in [2.75, 3.05) is 44.2 Å². The highest BCUT2D eigenvalue weighted by Gasteiger charge is 2.54. The van der Waals surface area contributed by atoms with Gasteiger partial charge in [-0.3, -0.25) is 19.7 Å². The summed E-state index contributed by atoms with van der Waals surface area (Å²) in [5.41, 5.74) is -0.120. The summed E-state index contributed by atoms with van der Waals surface area (Å²) in [5.74, 6) is -0.113. The second-order valence-corrected chi connectivity index (χ2v) is 12.5. The molecule has 1 atom stereocenters. The fraction of sp³-hybridized carbons (Fsp3) is 0.667. The Labute approximate surface area is 217 Å². The first-order chi connectivity index (χ1) is 17.4. The maximum Gasteiger partial charge on any atom is 0.320 e. The molecule has 4 saturated heterocycles. The zero-order valence-corrected chi connectivity index (χ0v) is 22.2. The van der Waals surface area contributed by atoms with Crippen molar-refractivity contribution in [1.29, 1.82) is 0 Å². The van der Waals surface area contributed by atoms with Gasteiger partial charge in [-0.25, -0.2) is 9.78 Å². The zero-order chi connectivity index (χ0) is 26.6. The normalized spacial score (nSPS) is 24.8. The first-order valence-corrected chi connectivity index (χ1v) is 13.2. The van der Waals surface area contributed by atoms with Gasteiger partial charge in [-0.05, 0) is 58.6 Å². The molecule has 0 radical (unpaired) electrons. The molecule has 10 heteroatoms. The van der Waals surface area contributed by atoms with Crippen LogP contribution in [0.3, 0.4) is 0 Å². The fourth-order valence-electron chi connectivity index (χ4n) is 5.82. The van der Waals surface area contributed by atoms with Crippen molar-refractivity contribution in [3.63, 3.8) is 0 Å². The summed E-state index contributed by atoms with van der Waals surface area (Å²) in [6.07, 6.45) is 3.82. The number of pyridine rings is 1. The number of hydrogen-bond acceptors (Lipinski definition) is 7. The van der Waals surface area contributed by atoms with E-state index in [2.05, 4.69) is 15.2 Å². The van der Waals surface area contributed by atoms with E-state index >= 15 is 0 Å². The maximum absolute atomic E-state index is 13.1. The molecule has 0 aliphatic carbocycles. The third-order valence-electron chi connectivity index (χ3n) is 8.14. The Morgan fingerprint density at radius 3 is 2.30 bits per heavy atom. The minimum absolute atomic E-state index is 0.0574. The number of rotatable bonds is 3. The molecule has 1 aromatic heterocycles. The SMILES string of the molecule is CC(C)(C)OC(=O)C1(C)CCN(C(=O)N2CC3(C2)CN(c2ccc(C4CCC(=O)NC4=O)cn2)C3)CC1. The highest BCUT2D eigenvalue weighted by molar-refractivity contribution is 6.00. The molecule has 1 unspecified atom stereocenters. The lowest BCUT2D eigenvalue weighted by Gasteiger charge is -2.61.